The van der Waals surface area contributed by atoms with E-state index < -0.39 is 11.9 Å². The smallest absolute Gasteiger partial charge is 0.256 e. The molecule has 0 radical (unpaired) electrons. The van der Waals surface area contributed by atoms with Crippen LogP contribution in [0.3, 0.4) is 0 Å². The molecule has 4 rings (SSSR count). The summed E-state index contributed by atoms with van der Waals surface area (Å²) in [6.07, 6.45) is 1.42. The van der Waals surface area contributed by atoms with E-state index in [-0.39, 0.29) is 16.5 Å². The second-order valence-electron chi connectivity index (χ2n) is 6.81. The third kappa shape index (κ3) is 3.70. The summed E-state index contributed by atoms with van der Waals surface area (Å²) >= 11 is 6.11. The molecule has 1 fully saturated rings. The standard InChI is InChI=1S/C21H19ClFN3O4/c1-28-17-8-5-12(10-18(17)29-2)19-24-20(30-25-19)16-4-3-9-26(16)21(27)14-11-13(23)6-7-15(14)22/h5-8,10-11,16H,3-4,9H2,1-2H3. The molecule has 1 atom stereocenters. The number of likely N-dealkylation sites (tertiary alicyclic amines) is 1. The minimum absolute atomic E-state index is 0.114. The van der Waals surface area contributed by atoms with Gasteiger partial charge in [0.2, 0.25) is 11.7 Å². The van der Waals surface area contributed by atoms with Crippen LogP contribution < -0.4 is 9.47 Å². The van der Waals surface area contributed by atoms with Gasteiger partial charge in [0.15, 0.2) is 11.5 Å². The van der Waals surface area contributed by atoms with E-state index in [1.54, 1.807) is 37.3 Å². The Morgan fingerprint density at radius 1 is 1.20 bits per heavy atom. The molecule has 2 heterocycles. The number of hydrogen-bond acceptors (Lipinski definition) is 6. The maximum atomic E-state index is 13.6. The number of aromatic nitrogens is 2. The zero-order valence-electron chi connectivity index (χ0n) is 16.4. The number of carbonyl (C=O) groups is 1. The van der Waals surface area contributed by atoms with Gasteiger partial charge >= 0.3 is 0 Å². The number of nitrogens with zero attached hydrogens (tertiary/aromatic N) is 3. The van der Waals surface area contributed by atoms with Crippen molar-refractivity contribution < 1.29 is 23.2 Å². The molecule has 30 heavy (non-hydrogen) atoms. The van der Waals surface area contributed by atoms with Gasteiger partial charge in [-0.15, -0.1) is 0 Å². The van der Waals surface area contributed by atoms with E-state index in [1.165, 1.54) is 12.1 Å². The van der Waals surface area contributed by atoms with Gasteiger partial charge in [-0.2, -0.15) is 4.98 Å². The zero-order chi connectivity index (χ0) is 21.3. The molecule has 1 aliphatic heterocycles. The van der Waals surface area contributed by atoms with E-state index in [4.69, 9.17) is 25.6 Å². The average Bonchev–Trinajstić information content (AvgIpc) is 3.44. The lowest BCUT2D eigenvalue weighted by molar-refractivity contribution is 0.0709. The molecule has 9 heteroatoms. The van der Waals surface area contributed by atoms with Crippen LogP contribution in [-0.2, 0) is 0 Å². The second kappa shape index (κ2) is 8.31. The number of amides is 1. The number of halogens is 2. The summed E-state index contributed by atoms with van der Waals surface area (Å²) in [4.78, 5) is 19.1. The van der Waals surface area contributed by atoms with Crippen LogP contribution in [-0.4, -0.2) is 41.7 Å². The number of hydrogen-bond donors (Lipinski definition) is 0. The normalized spacial score (nSPS) is 16.0. The second-order valence-corrected chi connectivity index (χ2v) is 7.21. The van der Waals surface area contributed by atoms with Gasteiger partial charge in [-0.1, -0.05) is 16.8 Å². The van der Waals surface area contributed by atoms with Gasteiger partial charge in [0.1, 0.15) is 11.9 Å². The van der Waals surface area contributed by atoms with Gasteiger partial charge in [-0.05, 0) is 49.2 Å². The van der Waals surface area contributed by atoms with Crippen molar-refractivity contribution in [3.05, 3.63) is 58.7 Å². The molecule has 1 aromatic heterocycles. The summed E-state index contributed by atoms with van der Waals surface area (Å²) in [5.74, 6) is 0.927. The number of ether oxygens (including phenoxy) is 2. The monoisotopic (exact) mass is 431 g/mol. The first-order valence-corrected chi connectivity index (χ1v) is 9.71. The number of carbonyl (C=O) groups excluding carboxylic acids is 1. The Kier molecular flexibility index (Phi) is 5.59. The number of methoxy groups -OCH3 is 2. The van der Waals surface area contributed by atoms with E-state index in [0.717, 1.165) is 12.5 Å². The molecule has 0 saturated carbocycles. The highest BCUT2D eigenvalue weighted by Gasteiger charge is 2.35. The summed E-state index contributed by atoms with van der Waals surface area (Å²) < 4.78 is 29.7. The molecule has 1 saturated heterocycles. The van der Waals surface area contributed by atoms with Gasteiger partial charge < -0.3 is 18.9 Å². The van der Waals surface area contributed by atoms with Crippen LogP contribution in [0, 0.1) is 5.82 Å². The third-order valence-corrected chi connectivity index (χ3v) is 5.37. The predicted octanol–water partition coefficient (Wildman–Crippen LogP) is 4.52. The van der Waals surface area contributed by atoms with Gasteiger partial charge in [-0.25, -0.2) is 4.39 Å². The molecule has 0 aliphatic carbocycles. The van der Waals surface area contributed by atoms with Gasteiger partial charge in [0.25, 0.3) is 5.91 Å². The number of rotatable bonds is 5. The zero-order valence-corrected chi connectivity index (χ0v) is 17.1. The Balaban J connectivity index is 1.61. The topological polar surface area (TPSA) is 77.7 Å². The van der Waals surface area contributed by atoms with Crippen LogP contribution in [0.4, 0.5) is 4.39 Å². The van der Waals surface area contributed by atoms with Crippen molar-refractivity contribution in [2.45, 2.75) is 18.9 Å². The lowest BCUT2D eigenvalue weighted by atomic mass is 10.1. The number of benzene rings is 2. The first-order valence-electron chi connectivity index (χ1n) is 9.34. The molecular formula is C21H19ClFN3O4. The van der Waals surface area contributed by atoms with Crippen molar-refractivity contribution in [3.63, 3.8) is 0 Å². The fourth-order valence-corrected chi connectivity index (χ4v) is 3.74. The highest BCUT2D eigenvalue weighted by molar-refractivity contribution is 6.33. The highest BCUT2D eigenvalue weighted by atomic mass is 35.5. The van der Waals surface area contributed by atoms with E-state index in [2.05, 4.69) is 10.1 Å². The molecule has 2 aromatic carbocycles. The van der Waals surface area contributed by atoms with E-state index >= 15 is 0 Å². The Morgan fingerprint density at radius 2 is 2.00 bits per heavy atom. The van der Waals surface area contributed by atoms with Crippen LogP contribution in [0.25, 0.3) is 11.4 Å². The SMILES string of the molecule is COc1ccc(-c2noc(C3CCCN3C(=O)c3cc(F)ccc3Cl)n2)cc1OC. The quantitative estimate of drug-likeness (QED) is 0.591. The molecule has 3 aromatic rings. The van der Waals surface area contributed by atoms with Crippen molar-refractivity contribution >= 4 is 17.5 Å². The molecule has 156 valence electrons. The summed E-state index contributed by atoms with van der Waals surface area (Å²) in [5, 5.41) is 4.25. The van der Waals surface area contributed by atoms with Gasteiger partial charge in [0, 0.05) is 12.1 Å². The molecule has 0 N–H and O–H groups in total. The lowest BCUT2D eigenvalue weighted by Gasteiger charge is -2.22. The van der Waals surface area contributed by atoms with Crippen LogP contribution in [0.15, 0.2) is 40.9 Å². The van der Waals surface area contributed by atoms with Crippen LogP contribution in [0.5, 0.6) is 11.5 Å². The maximum Gasteiger partial charge on any atom is 0.256 e. The molecule has 1 aliphatic rings. The van der Waals surface area contributed by atoms with Crippen molar-refractivity contribution in [2.24, 2.45) is 0 Å². The molecular weight excluding hydrogens is 413 g/mol. The molecule has 1 amide bonds. The largest absolute Gasteiger partial charge is 0.493 e. The van der Waals surface area contributed by atoms with Crippen molar-refractivity contribution in [3.8, 4) is 22.9 Å². The Morgan fingerprint density at radius 3 is 2.77 bits per heavy atom. The van der Waals surface area contributed by atoms with E-state index in [9.17, 15) is 9.18 Å². The van der Waals surface area contributed by atoms with E-state index in [1.807, 2.05) is 0 Å². The van der Waals surface area contributed by atoms with Crippen molar-refractivity contribution in [1.82, 2.24) is 15.0 Å². The lowest BCUT2D eigenvalue weighted by Crippen LogP contribution is -2.31. The fraction of sp³-hybridized carbons (Fsp3) is 0.286. The summed E-state index contributed by atoms with van der Waals surface area (Å²) in [6.45, 7) is 0.490. The first-order chi connectivity index (χ1) is 14.5. The maximum absolute atomic E-state index is 13.6. The Labute approximate surface area is 177 Å². The van der Waals surface area contributed by atoms with Crippen LogP contribution in [0.1, 0.15) is 35.1 Å². The van der Waals surface area contributed by atoms with Crippen molar-refractivity contribution in [2.75, 3.05) is 20.8 Å². The Hall–Kier alpha value is -3.13. The van der Waals surface area contributed by atoms with Crippen LogP contribution in [0.2, 0.25) is 5.02 Å². The average molecular weight is 432 g/mol. The minimum atomic E-state index is -0.521. The van der Waals surface area contributed by atoms with Gasteiger partial charge in [-0.3, -0.25) is 4.79 Å². The molecule has 0 spiro atoms. The fourth-order valence-electron chi connectivity index (χ4n) is 3.55. The molecule has 1 unspecified atom stereocenters. The van der Waals surface area contributed by atoms with Crippen LogP contribution >= 0.6 is 11.6 Å². The van der Waals surface area contributed by atoms with E-state index in [0.29, 0.717) is 41.7 Å². The summed E-state index contributed by atoms with van der Waals surface area (Å²) in [6, 6.07) is 8.62. The molecule has 7 nitrogen and oxygen atoms in total. The van der Waals surface area contributed by atoms with Gasteiger partial charge in [0.05, 0.1) is 24.8 Å². The molecule has 0 bridgehead atoms. The summed E-state index contributed by atoms with van der Waals surface area (Å²) in [5.41, 5.74) is 0.801. The minimum Gasteiger partial charge on any atom is -0.493 e. The summed E-state index contributed by atoms with van der Waals surface area (Å²) in [7, 11) is 3.10. The highest BCUT2D eigenvalue weighted by Crippen LogP contribution is 2.36. The Bertz CT molecular complexity index is 1090. The third-order valence-electron chi connectivity index (χ3n) is 5.04. The first kappa shape index (κ1) is 20.2. The van der Waals surface area contributed by atoms with Crippen molar-refractivity contribution in [1.29, 1.82) is 0 Å². The predicted molar refractivity (Wildman–Crippen MR) is 107 cm³/mol.